The van der Waals surface area contributed by atoms with Gasteiger partial charge in [-0.3, -0.25) is 4.79 Å². The van der Waals surface area contributed by atoms with E-state index in [1.54, 1.807) is 12.1 Å². The van der Waals surface area contributed by atoms with Crippen LogP contribution in [0.25, 0.3) is 0 Å². The fourth-order valence-electron chi connectivity index (χ4n) is 2.87. The Morgan fingerprint density at radius 3 is 2.52 bits per heavy atom. The van der Waals surface area contributed by atoms with E-state index in [2.05, 4.69) is 10.2 Å². The zero-order valence-electron chi connectivity index (χ0n) is 12.9. The molecule has 1 fully saturated rings. The van der Waals surface area contributed by atoms with Gasteiger partial charge < -0.3 is 16.0 Å². The van der Waals surface area contributed by atoms with E-state index in [0.29, 0.717) is 17.1 Å². The number of hydrogen-bond donors (Lipinski definition) is 2. The van der Waals surface area contributed by atoms with Gasteiger partial charge in [-0.25, -0.2) is 0 Å². The summed E-state index contributed by atoms with van der Waals surface area (Å²) in [6.45, 7) is 2.04. The van der Waals surface area contributed by atoms with Crippen LogP contribution in [0.2, 0.25) is 5.02 Å². The predicted molar refractivity (Wildman–Crippen MR) is 96.1 cm³/mol. The molecule has 2 aromatic rings. The normalized spacial score (nSPS) is 14.0. The third kappa shape index (κ3) is 3.96. The quantitative estimate of drug-likeness (QED) is 0.841. The van der Waals surface area contributed by atoms with Crippen molar-refractivity contribution in [2.45, 2.75) is 19.3 Å². The number of amides is 1. The first-order valence-corrected chi connectivity index (χ1v) is 8.18. The van der Waals surface area contributed by atoms with Crippen LogP contribution in [0.5, 0.6) is 0 Å². The fourth-order valence-corrected chi connectivity index (χ4v) is 3.00. The van der Waals surface area contributed by atoms with Crippen LogP contribution in [-0.4, -0.2) is 19.0 Å². The van der Waals surface area contributed by atoms with Gasteiger partial charge in [0.15, 0.2) is 0 Å². The molecular formula is C18H20ClN3O. The van der Waals surface area contributed by atoms with Gasteiger partial charge in [0.2, 0.25) is 5.91 Å². The first-order chi connectivity index (χ1) is 11.1. The van der Waals surface area contributed by atoms with Crippen LogP contribution in [0.4, 0.5) is 17.1 Å². The van der Waals surface area contributed by atoms with Crippen molar-refractivity contribution in [3.8, 4) is 0 Å². The number of nitrogens with zero attached hydrogens (tertiary/aromatic N) is 1. The van der Waals surface area contributed by atoms with E-state index in [1.807, 2.05) is 30.3 Å². The van der Waals surface area contributed by atoms with Crippen LogP contribution < -0.4 is 16.0 Å². The monoisotopic (exact) mass is 329 g/mol. The van der Waals surface area contributed by atoms with Crippen LogP contribution in [0, 0.1) is 0 Å². The highest BCUT2D eigenvalue weighted by molar-refractivity contribution is 6.30. The molecule has 0 radical (unpaired) electrons. The van der Waals surface area contributed by atoms with Gasteiger partial charge in [0.25, 0.3) is 0 Å². The van der Waals surface area contributed by atoms with Gasteiger partial charge in [-0.1, -0.05) is 23.7 Å². The molecule has 3 rings (SSSR count). The summed E-state index contributed by atoms with van der Waals surface area (Å²) in [5, 5.41) is 3.67. The summed E-state index contributed by atoms with van der Waals surface area (Å²) in [5.41, 5.74) is 9.29. The predicted octanol–water partition coefficient (Wildman–Crippen LogP) is 3.70. The maximum absolute atomic E-state index is 12.3. The molecule has 1 heterocycles. The Morgan fingerprint density at radius 1 is 1.13 bits per heavy atom. The van der Waals surface area contributed by atoms with Crippen LogP contribution in [0.3, 0.4) is 0 Å². The lowest BCUT2D eigenvalue weighted by Gasteiger charge is -2.22. The first kappa shape index (κ1) is 15.7. The smallest absolute Gasteiger partial charge is 0.228 e. The molecule has 0 aromatic heterocycles. The minimum atomic E-state index is -0.0571. The summed E-state index contributed by atoms with van der Waals surface area (Å²) in [6.07, 6.45) is 2.68. The van der Waals surface area contributed by atoms with Crippen LogP contribution in [-0.2, 0) is 11.2 Å². The van der Waals surface area contributed by atoms with E-state index in [9.17, 15) is 4.79 Å². The molecule has 0 spiro atoms. The lowest BCUT2D eigenvalue weighted by Crippen LogP contribution is -2.22. The highest BCUT2D eigenvalue weighted by Crippen LogP contribution is 2.31. The topological polar surface area (TPSA) is 58.4 Å². The number of carbonyl (C=O) groups is 1. The number of nitrogens with two attached hydrogens (primary N) is 1. The average Bonchev–Trinajstić information content (AvgIpc) is 3.04. The molecular weight excluding hydrogens is 310 g/mol. The van der Waals surface area contributed by atoms with Crippen molar-refractivity contribution in [3.05, 3.63) is 53.1 Å². The molecule has 1 saturated heterocycles. The van der Waals surface area contributed by atoms with E-state index < -0.39 is 0 Å². The third-order valence-electron chi connectivity index (χ3n) is 4.02. The lowest BCUT2D eigenvalue weighted by molar-refractivity contribution is -0.115. The molecule has 0 atom stereocenters. The zero-order chi connectivity index (χ0) is 16.2. The number of nitrogens with one attached hydrogen (secondary N) is 1. The van der Waals surface area contributed by atoms with Crippen molar-refractivity contribution in [1.82, 2.24) is 0 Å². The maximum Gasteiger partial charge on any atom is 0.228 e. The van der Waals surface area contributed by atoms with Crippen LogP contribution >= 0.6 is 11.6 Å². The molecule has 4 nitrogen and oxygen atoms in total. The molecule has 1 aliphatic heterocycles. The van der Waals surface area contributed by atoms with Crippen LogP contribution in [0.1, 0.15) is 18.4 Å². The average molecular weight is 330 g/mol. The zero-order valence-corrected chi connectivity index (χ0v) is 13.6. The van der Waals surface area contributed by atoms with Crippen molar-refractivity contribution in [3.63, 3.8) is 0 Å². The number of halogens is 1. The highest BCUT2D eigenvalue weighted by Gasteiger charge is 2.17. The number of rotatable bonds is 4. The molecule has 0 saturated carbocycles. The minimum Gasteiger partial charge on any atom is -0.399 e. The molecule has 1 aliphatic rings. The van der Waals surface area contributed by atoms with Crippen molar-refractivity contribution < 1.29 is 4.79 Å². The van der Waals surface area contributed by atoms with Crippen molar-refractivity contribution in [2.75, 3.05) is 29.0 Å². The summed E-state index contributed by atoms with van der Waals surface area (Å²) in [4.78, 5) is 14.6. The molecule has 0 unspecified atom stereocenters. The van der Waals surface area contributed by atoms with Gasteiger partial charge in [-0.15, -0.1) is 0 Å². The number of nitrogen functional groups attached to an aromatic ring is 1. The summed E-state index contributed by atoms with van der Waals surface area (Å²) in [5.74, 6) is -0.0571. The van der Waals surface area contributed by atoms with E-state index in [0.717, 1.165) is 30.0 Å². The molecule has 5 heteroatoms. The van der Waals surface area contributed by atoms with Gasteiger partial charge in [0.05, 0.1) is 17.8 Å². The van der Waals surface area contributed by atoms with Gasteiger partial charge in [-0.2, -0.15) is 0 Å². The third-order valence-corrected chi connectivity index (χ3v) is 4.27. The molecule has 1 amide bonds. The molecule has 2 aromatic carbocycles. The number of hydrogen-bond acceptors (Lipinski definition) is 3. The van der Waals surface area contributed by atoms with E-state index in [1.165, 1.54) is 12.8 Å². The Labute approximate surface area is 141 Å². The highest BCUT2D eigenvalue weighted by atomic mass is 35.5. The number of carbonyl (C=O) groups excluding carboxylic acids is 1. The van der Waals surface area contributed by atoms with Crippen molar-refractivity contribution in [1.29, 1.82) is 0 Å². The molecule has 0 aliphatic carbocycles. The summed E-state index contributed by atoms with van der Waals surface area (Å²) >= 11 is 5.87. The molecule has 3 N–H and O–H groups in total. The van der Waals surface area contributed by atoms with Gasteiger partial charge >= 0.3 is 0 Å². The number of anilines is 3. The van der Waals surface area contributed by atoms with Gasteiger partial charge in [0.1, 0.15) is 0 Å². The summed E-state index contributed by atoms with van der Waals surface area (Å²) in [7, 11) is 0. The van der Waals surface area contributed by atoms with E-state index >= 15 is 0 Å². The molecule has 23 heavy (non-hydrogen) atoms. The van der Waals surface area contributed by atoms with Crippen molar-refractivity contribution in [2.24, 2.45) is 0 Å². The largest absolute Gasteiger partial charge is 0.399 e. The molecule has 0 bridgehead atoms. The summed E-state index contributed by atoms with van der Waals surface area (Å²) < 4.78 is 0. The SMILES string of the molecule is Nc1ccc(N2CCCC2)c(NC(=O)Cc2ccc(Cl)cc2)c1. The Morgan fingerprint density at radius 2 is 1.83 bits per heavy atom. The minimum absolute atomic E-state index is 0.0571. The lowest BCUT2D eigenvalue weighted by atomic mass is 10.1. The maximum atomic E-state index is 12.3. The van der Waals surface area contributed by atoms with Crippen LogP contribution in [0.15, 0.2) is 42.5 Å². The fraction of sp³-hybridized carbons (Fsp3) is 0.278. The van der Waals surface area contributed by atoms with E-state index in [4.69, 9.17) is 17.3 Å². The summed E-state index contributed by atoms with van der Waals surface area (Å²) in [6, 6.07) is 13.0. The Balaban J connectivity index is 1.74. The molecule has 120 valence electrons. The Hall–Kier alpha value is -2.20. The Bertz CT molecular complexity index is 694. The van der Waals surface area contributed by atoms with Gasteiger partial charge in [0, 0.05) is 23.8 Å². The van der Waals surface area contributed by atoms with Crippen molar-refractivity contribution >= 4 is 34.6 Å². The number of benzene rings is 2. The second-order valence-corrected chi connectivity index (χ2v) is 6.26. The first-order valence-electron chi connectivity index (χ1n) is 7.80. The van der Waals surface area contributed by atoms with E-state index in [-0.39, 0.29) is 5.91 Å². The van der Waals surface area contributed by atoms with Gasteiger partial charge in [-0.05, 0) is 48.7 Å². The second kappa shape index (κ2) is 6.92. The standard InChI is InChI=1S/C18H20ClN3O/c19-14-5-3-13(4-6-14)11-18(23)21-16-12-15(20)7-8-17(16)22-9-1-2-10-22/h3-8,12H,1-2,9-11,20H2,(H,21,23). The second-order valence-electron chi connectivity index (χ2n) is 5.82. The Kier molecular flexibility index (Phi) is 4.72.